The Labute approximate surface area is 117 Å². The first-order valence-electron chi connectivity index (χ1n) is 6.09. The molecule has 1 atom stereocenters. The highest BCUT2D eigenvalue weighted by Crippen LogP contribution is 2.29. The lowest BCUT2D eigenvalue weighted by atomic mass is 10.00. The maximum atomic E-state index is 10.4. The maximum absolute atomic E-state index is 10.4. The van der Waals surface area contributed by atoms with Crippen molar-refractivity contribution < 1.29 is 14.6 Å². The third-order valence-corrected chi connectivity index (χ3v) is 3.05. The molecule has 0 spiro atoms. The minimum atomic E-state index is -0.799. The van der Waals surface area contributed by atoms with E-state index in [1.165, 1.54) is 0 Å². The van der Waals surface area contributed by atoms with E-state index in [0.29, 0.717) is 28.2 Å². The van der Waals surface area contributed by atoms with Crippen molar-refractivity contribution in [3.63, 3.8) is 0 Å². The zero-order valence-corrected chi connectivity index (χ0v) is 11.3. The molecule has 2 aromatic rings. The summed E-state index contributed by atoms with van der Waals surface area (Å²) in [6, 6.07) is 14.1. The SMILES string of the molecule is COc1cc(OC)cc(C(O)c2ccc(C#N)cc2)c1. The van der Waals surface area contributed by atoms with Crippen LogP contribution >= 0.6 is 0 Å². The van der Waals surface area contributed by atoms with Gasteiger partial charge in [-0.25, -0.2) is 0 Å². The first-order chi connectivity index (χ1) is 9.67. The van der Waals surface area contributed by atoms with Crippen LogP contribution in [0.25, 0.3) is 0 Å². The summed E-state index contributed by atoms with van der Waals surface area (Å²) in [6.45, 7) is 0. The van der Waals surface area contributed by atoms with Gasteiger partial charge >= 0.3 is 0 Å². The number of methoxy groups -OCH3 is 2. The highest BCUT2D eigenvalue weighted by Gasteiger charge is 2.13. The molecule has 4 heteroatoms. The summed E-state index contributed by atoms with van der Waals surface area (Å²) >= 11 is 0. The predicted octanol–water partition coefficient (Wildman–Crippen LogP) is 2.66. The molecule has 0 aliphatic carbocycles. The number of nitriles is 1. The Morgan fingerprint density at radius 1 is 0.950 bits per heavy atom. The van der Waals surface area contributed by atoms with Crippen molar-refractivity contribution in [2.75, 3.05) is 14.2 Å². The second-order valence-corrected chi connectivity index (χ2v) is 4.28. The Bertz CT molecular complexity index is 607. The van der Waals surface area contributed by atoms with Gasteiger partial charge in [-0.1, -0.05) is 12.1 Å². The van der Waals surface area contributed by atoms with Gasteiger partial charge in [0.05, 0.1) is 25.9 Å². The Morgan fingerprint density at radius 2 is 1.50 bits per heavy atom. The van der Waals surface area contributed by atoms with E-state index in [9.17, 15) is 5.11 Å². The van der Waals surface area contributed by atoms with Gasteiger partial charge in [0.1, 0.15) is 17.6 Å². The number of rotatable bonds is 4. The summed E-state index contributed by atoms with van der Waals surface area (Å²) in [6.07, 6.45) is -0.799. The lowest BCUT2D eigenvalue weighted by molar-refractivity contribution is 0.219. The number of hydrogen-bond acceptors (Lipinski definition) is 4. The molecule has 2 aromatic carbocycles. The van der Waals surface area contributed by atoms with Crippen molar-refractivity contribution in [3.05, 3.63) is 59.2 Å². The molecule has 0 saturated heterocycles. The van der Waals surface area contributed by atoms with Gasteiger partial charge in [0.25, 0.3) is 0 Å². The largest absolute Gasteiger partial charge is 0.497 e. The second kappa shape index (κ2) is 6.09. The fourth-order valence-corrected chi connectivity index (χ4v) is 1.92. The fourth-order valence-electron chi connectivity index (χ4n) is 1.92. The van der Waals surface area contributed by atoms with Crippen LogP contribution in [0.5, 0.6) is 11.5 Å². The number of benzene rings is 2. The second-order valence-electron chi connectivity index (χ2n) is 4.28. The summed E-state index contributed by atoms with van der Waals surface area (Å²) in [5, 5.41) is 19.2. The van der Waals surface area contributed by atoms with E-state index in [-0.39, 0.29) is 0 Å². The number of aliphatic hydroxyl groups excluding tert-OH is 1. The zero-order chi connectivity index (χ0) is 14.5. The van der Waals surface area contributed by atoms with E-state index >= 15 is 0 Å². The van der Waals surface area contributed by atoms with Gasteiger partial charge < -0.3 is 14.6 Å². The van der Waals surface area contributed by atoms with Crippen molar-refractivity contribution in [1.82, 2.24) is 0 Å². The molecule has 0 fully saturated rings. The minimum Gasteiger partial charge on any atom is -0.497 e. The summed E-state index contributed by atoms with van der Waals surface area (Å²) < 4.78 is 10.4. The Balaban J connectivity index is 2.36. The molecule has 0 aliphatic rings. The van der Waals surface area contributed by atoms with Crippen LogP contribution in [0, 0.1) is 11.3 Å². The van der Waals surface area contributed by atoms with Crippen LogP contribution in [0.1, 0.15) is 22.8 Å². The van der Waals surface area contributed by atoms with Gasteiger partial charge in [-0.3, -0.25) is 0 Å². The molecule has 102 valence electrons. The molecule has 20 heavy (non-hydrogen) atoms. The molecule has 2 rings (SSSR count). The smallest absolute Gasteiger partial charge is 0.122 e. The third-order valence-electron chi connectivity index (χ3n) is 3.05. The standard InChI is InChI=1S/C16H15NO3/c1-19-14-7-13(8-15(9-14)20-2)16(18)12-5-3-11(10-17)4-6-12/h3-9,16,18H,1-2H3. The molecule has 0 amide bonds. The molecule has 1 N–H and O–H groups in total. The first-order valence-corrected chi connectivity index (χ1v) is 6.09. The van der Waals surface area contributed by atoms with Gasteiger partial charge in [0, 0.05) is 6.07 Å². The monoisotopic (exact) mass is 269 g/mol. The van der Waals surface area contributed by atoms with Gasteiger partial charge in [0.2, 0.25) is 0 Å². The molecule has 0 saturated carbocycles. The van der Waals surface area contributed by atoms with Crippen LogP contribution < -0.4 is 9.47 Å². The topological polar surface area (TPSA) is 62.5 Å². The van der Waals surface area contributed by atoms with Crippen molar-refractivity contribution in [1.29, 1.82) is 5.26 Å². The van der Waals surface area contributed by atoms with E-state index in [4.69, 9.17) is 14.7 Å². The van der Waals surface area contributed by atoms with Crippen LogP contribution in [-0.2, 0) is 0 Å². The average Bonchev–Trinajstić information content (AvgIpc) is 2.53. The van der Waals surface area contributed by atoms with Crippen molar-refractivity contribution in [3.8, 4) is 17.6 Å². The van der Waals surface area contributed by atoms with E-state index in [1.807, 2.05) is 6.07 Å². The average molecular weight is 269 g/mol. The summed E-state index contributed by atoms with van der Waals surface area (Å²) in [4.78, 5) is 0. The quantitative estimate of drug-likeness (QED) is 0.926. The van der Waals surface area contributed by atoms with Crippen LogP contribution in [0.3, 0.4) is 0 Å². The van der Waals surface area contributed by atoms with Crippen LogP contribution in [-0.4, -0.2) is 19.3 Å². The maximum Gasteiger partial charge on any atom is 0.122 e. The molecular formula is C16H15NO3. The van der Waals surface area contributed by atoms with E-state index in [1.54, 1.807) is 56.7 Å². The lowest BCUT2D eigenvalue weighted by Gasteiger charge is -2.14. The zero-order valence-electron chi connectivity index (χ0n) is 11.3. The molecular weight excluding hydrogens is 254 g/mol. The predicted molar refractivity (Wildman–Crippen MR) is 74.8 cm³/mol. The highest BCUT2D eigenvalue weighted by molar-refractivity contribution is 5.43. The summed E-state index contributed by atoms with van der Waals surface area (Å²) in [7, 11) is 3.12. The first kappa shape index (κ1) is 13.9. The van der Waals surface area contributed by atoms with Crippen molar-refractivity contribution in [2.24, 2.45) is 0 Å². The molecule has 0 aliphatic heterocycles. The van der Waals surface area contributed by atoms with E-state index < -0.39 is 6.10 Å². The normalized spacial score (nSPS) is 11.5. The van der Waals surface area contributed by atoms with E-state index in [2.05, 4.69) is 0 Å². The van der Waals surface area contributed by atoms with Gasteiger partial charge in [-0.05, 0) is 35.4 Å². The molecule has 1 unspecified atom stereocenters. The third kappa shape index (κ3) is 2.90. The molecule has 0 radical (unpaired) electrons. The minimum absolute atomic E-state index is 0.559. The molecule has 0 aromatic heterocycles. The van der Waals surface area contributed by atoms with Crippen LogP contribution in [0.15, 0.2) is 42.5 Å². The fraction of sp³-hybridized carbons (Fsp3) is 0.188. The molecule has 4 nitrogen and oxygen atoms in total. The van der Waals surface area contributed by atoms with Crippen molar-refractivity contribution >= 4 is 0 Å². The highest BCUT2D eigenvalue weighted by atomic mass is 16.5. The Morgan fingerprint density at radius 3 is 1.95 bits per heavy atom. The van der Waals surface area contributed by atoms with Gasteiger partial charge in [-0.2, -0.15) is 5.26 Å². The van der Waals surface area contributed by atoms with Gasteiger partial charge in [-0.15, -0.1) is 0 Å². The number of hydrogen-bond donors (Lipinski definition) is 1. The molecule has 0 bridgehead atoms. The van der Waals surface area contributed by atoms with Crippen LogP contribution in [0.2, 0.25) is 0 Å². The number of aliphatic hydroxyl groups is 1. The number of nitrogens with zero attached hydrogens (tertiary/aromatic N) is 1. The lowest BCUT2D eigenvalue weighted by Crippen LogP contribution is -2.01. The Kier molecular flexibility index (Phi) is 4.24. The van der Waals surface area contributed by atoms with E-state index in [0.717, 1.165) is 0 Å². The summed E-state index contributed by atoms with van der Waals surface area (Å²) in [5.41, 5.74) is 1.94. The Hall–Kier alpha value is -2.51. The molecule has 0 heterocycles. The number of ether oxygens (including phenoxy) is 2. The van der Waals surface area contributed by atoms with Crippen LogP contribution in [0.4, 0.5) is 0 Å². The van der Waals surface area contributed by atoms with Gasteiger partial charge in [0.15, 0.2) is 0 Å². The summed E-state index contributed by atoms with van der Waals surface area (Å²) in [5.74, 6) is 1.24. The van der Waals surface area contributed by atoms with Crippen molar-refractivity contribution in [2.45, 2.75) is 6.10 Å².